The summed E-state index contributed by atoms with van der Waals surface area (Å²) in [4.78, 5) is 1.27. The number of benzene rings is 1. The molecule has 2 atom stereocenters. The molecule has 0 bridgehead atoms. The molecule has 3 nitrogen and oxygen atoms in total. The average Bonchev–Trinajstić information content (AvgIpc) is 2.36. The molecule has 1 aromatic rings. The molecule has 0 amide bonds. The lowest BCUT2D eigenvalue weighted by Crippen LogP contribution is -2.46. The van der Waals surface area contributed by atoms with Crippen molar-refractivity contribution in [3.05, 3.63) is 23.3 Å². The van der Waals surface area contributed by atoms with Gasteiger partial charge in [-0.2, -0.15) is 0 Å². The van der Waals surface area contributed by atoms with E-state index >= 15 is 0 Å². The molecule has 1 fully saturated rings. The third kappa shape index (κ3) is 2.42. The first-order valence-corrected chi connectivity index (χ1v) is 6.30. The van der Waals surface area contributed by atoms with Gasteiger partial charge in [0.1, 0.15) is 11.4 Å². The molecule has 1 saturated heterocycles. The molecule has 1 N–H and O–H groups in total. The Balaban J connectivity index is 2.51. The van der Waals surface area contributed by atoms with Crippen molar-refractivity contribution >= 4 is 11.4 Å². The molecule has 0 radical (unpaired) electrons. The minimum atomic E-state index is -1.42. The molecular weight excluding hydrogens is 276 g/mol. The Kier molecular flexibility index (Phi) is 4.08. The SMILES string of the molecule is CNc1c(F)c(F)c(N2CC(C)OC(C)C2)c(F)c1F. The van der Waals surface area contributed by atoms with E-state index in [1.165, 1.54) is 11.9 Å². The van der Waals surface area contributed by atoms with Crippen LogP contribution in [0.5, 0.6) is 0 Å². The quantitative estimate of drug-likeness (QED) is 0.670. The smallest absolute Gasteiger partial charge is 0.187 e. The van der Waals surface area contributed by atoms with Crippen LogP contribution in [0.3, 0.4) is 0 Å². The summed E-state index contributed by atoms with van der Waals surface area (Å²) in [5, 5.41) is 2.12. The van der Waals surface area contributed by atoms with Gasteiger partial charge in [-0.3, -0.25) is 0 Å². The number of nitrogens with one attached hydrogen (secondary N) is 1. The van der Waals surface area contributed by atoms with Gasteiger partial charge in [0, 0.05) is 20.1 Å². The van der Waals surface area contributed by atoms with Crippen LogP contribution in [0.1, 0.15) is 13.8 Å². The molecule has 1 aromatic carbocycles. The summed E-state index contributed by atoms with van der Waals surface area (Å²) in [5.41, 5.74) is -1.49. The molecule has 0 aromatic heterocycles. The largest absolute Gasteiger partial charge is 0.383 e. The van der Waals surface area contributed by atoms with Crippen LogP contribution in [-0.2, 0) is 4.74 Å². The summed E-state index contributed by atoms with van der Waals surface area (Å²) >= 11 is 0. The van der Waals surface area contributed by atoms with Gasteiger partial charge in [0.05, 0.1) is 12.2 Å². The van der Waals surface area contributed by atoms with Gasteiger partial charge in [-0.25, -0.2) is 17.6 Å². The van der Waals surface area contributed by atoms with Crippen LogP contribution in [-0.4, -0.2) is 32.3 Å². The number of hydrogen-bond donors (Lipinski definition) is 1. The second-order valence-corrected chi connectivity index (χ2v) is 4.89. The number of anilines is 2. The lowest BCUT2D eigenvalue weighted by molar-refractivity contribution is -0.00565. The van der Waals surface area contributed by atoms with Gasteiger partial charge in [0.2, 0.25) is 0 Å². The van der Waals surface area contributed by atoms with Crippen molar-refractivity contribution in [3.63, 3.8) is 0 Å². The lowest BCUT2D eigenvalue weighted by Gasteiger charge is -2.37. The molecule has 7 heteroatoms. The van der Waals surface area contributed by atoms with Gasteiger partial charge in [-0.15, -0.1) is 0 Å². The van der Waals surface area contributed by atoms with E-state index in [1.807, 2.05) is 0 Å². The highest BCUT2D eigenvalue weighted by Gasteiger charge is 2.32. The molecule has 20 heavy (non-hydrogen) atoms. The Morgan fingerprint density at radius 1 is 0.950 bits per heavy atom. The van der Waals surface area contributed by atoms with Crippen LogP contribution >= 0.6 is 0 Å². The van der Waals surface area contributed by atoms with Gasteiger partial charge in [-0.05, 0) is 13.8 Å². The highest BCUT2D eigenvalue weighted by atomic mass is 19.2. The first-order chi connectivity index (χ1) is 9.36. The molecular formula is C13H16F4N2O. The highest BCUT2D eigenvalue weighted by molar-refractivity contribution is 5.60. The number of nitrogens with zero attached hydrogens (tertiary/aromatic N) is 1. The van der Waals surface area contributed by atoms with Crippen molar-refractivity contribution < 1.29 is 22.3 Å². The second-order valence-electron chi connectivity index (χ2n) is 4.89. The fourth-order valence-electron chi connectivity index (χ4n) is 2.48. The highest BCUT2D eigenvalue weighted by Crippen LogP contribution is 2.34. The van der Waals surface area contributed by atoms with Crippen LogP contribution in [0, 0.1) is 23.3 Å². The molecule has 0 spiro atoms. The van der Waals surface area contributed by atoms with E-state index in [2.05, 4.69) is 5.32 Å². The third-order valence-electron chi connectivity index (χ3n) is 3.23. The van der Waals surface area contributed by atoms with Crippen molar-refractivity contribution in [2.24, 2.45) is 0 Å². The van der Waals surface area contributed by atoms with Crippen LogP contribution in [0.2, 0.25) is 0 Å². The van der Waals surface area contributed by atoms with Gasteiger partial charge < -0.3 is 15.0 Å². The summed E-state index contributed by atoms with van der Waals surface area (Å²) in [5.74, 6) is -5.63. The second kappa shape index (κ2) is 5.47. The van der Waals surface area contributed by atoms with Gasteiger partial charge in [0.15, 0.2) is 23.3 Å². The zero-order valence-corrected chi connectivity index (χ0v) is 11.4. The van der Waals surface area contributed by atoms with Crippen LogP contribution in [0.25, 0.3) is 0 Å². The molecule has 1 aliphatic heterocycles. The minimum Gasteiger partial charge on any atom is -0.383 e. The number of ether oxygens (including phenoxy) is 1. The van der Waals surface area contributed by atoms with E-state index in [1.54, 1.807) is 13.8 Å². The zero-order valence-electron chi connectivity index (χ0n) is 11.4. The van der Waals surface area contributed by atoms with E-state index in [9.17, 15) is 17.6 Å². The molecule has 0 saturated carbocycles. The first-order valence-electron chi connectivity index (χ1n) is 6.30. The summed E-state index contributed by atoms with van der Waals surface area (Å²) in [6.45, 7) is 3.78. The van der Waals surface area contributed by atoms with Gasteiger partial charge >= 0.3 is 0 Å². The Hall–Kier alpha value is -1.50. The molecule has 112 valence electrons. The van der Waals surface area contributed by atoms with Crippen molar-refractivity contribution in [3.8, 4) is 0 Å². The summed E-state index contributed by atoms with van der Waals surface area (Å²) in [6, 6.07) is 0. The monoisotopic (exact) mass is 292 g/mol. The fourth-order valence-corrected chi connectivity index (χ4v) is 2.48. The molecule has 2 unspecified atom stereocenters. The molecule has 0 aliphatic carbocycles. The van der Waals surface area contributed by atoms with E-state index in [0.29, 0.717) is 0 Å². The van der Waals surface area contributed by atoms with Crippen molar-refractivity contribution in [2.45, 2.75) is 26.1 Å². The summed E-state index contributed by atoms with van der Waals surface area (Å²) in [6.07, 6.45) is -0.569. The third-order valence-corrected chi connectivity index (χ3v) is 3.23. The standard InChI is InChI=1S/C13H16F4N2O/c1-6-4-19(5-7(2)20-6)13-10(16)8(14)12(18-3)9(15)11(13)17/h6-7,18H,4-5H2,1-3H3. The van der Waals surface area contributed by atoms with Crippen LogP contribution in [0.4, 0.5) is 28.9 Å². The normalized spacial score (nSPS) is 23.1. The van der Waals surface area contributed by atoms with E-state index in [4.69, 9.17) is 4.74 Å². The first kappa shape index (κ1) is 14.9. The Bertz CT molecular complexity index is 485. The van der Waals surface area contributed by atoms with E-state index < -0.39 is 34.6 Å². The number of hydrogen-bond acceptors (Lipinski definition) is 3. The number of halogens is 4. The maximum atomic E-state index is 14.0. The maximum absolute atomic E-state index is 14.0. The number of rotatable bonds is 2. The van der Waals surface area contributed by atoms with Crippen LogP contribution < -0.4 is 10.2 Å². The van der Waals surface area contributed by atoms with Crippen molar-refractivity contribution in [2.75, 3.05) is 30.4 Å². The summed E-state index contributed by atoms with van der Waals surface area (Å²) in [7, 11) is 1.19. The summed E-state index contributed by atoms with van der Waals surface area (Å²) < 4.78 is 61.0. The van der Waals surface area contributed by atoms with E-state index in [0.717, 1.165) is 0 Å². The van der Waals surface area contributed by atoms with Crippen LogP contribution in [0.15, 0.2) is 0 Å². The minimum absolute atomic E-state index is 0.163. The van der Waals surface area contributed by atoms with Crippen molar-refractivity contribution in [1.29, 1.82) is 0 Å². The van der Waals surface area contributed by atoms with E-state index in [-0.39, 0.29) is 25.3 Å². The lowest BCUT2D eigenvalue weighted by atomic mass is 10.1. The predicted molar refractivity (Wildman–Crippen MR) is 68.0 cm³/mol. The molecule has 1 aliphatic rings. The zero-order chi connectivity index (χ0) is 15.0. The van der Waals surface area contributed by atoms with Crippen molar-refractivity contribution in [1.82, 2.24) is 0 Å². The Morgan fingerprint density at radius 3 is 1.80 bits per heavy atom. The Labute approximate surface area is 114 Å². The molecule has 2 rings (SSSR count). The predicted octanol–water partition coefficient (Wildman–Crippen LogP) is 2.90. The Morgan fingerprint density at radius 2 is 1.40 bits per heavy atom. The fraction of sp³-hybridized carbons (Fsp3) is 0.538. The molecule has 1 heterocycles. The van der Waals surface area contributed by atoms with Gasteiger partial charge in [-0.1, -0.05) is 0 Å². The maximum Gasteiger partial charge on any atom is 0.187 e. The topological polar surface area (TPSA) is 24.5 Å². The average molecular weight is 292 g/mol. The number of morpholine rings is 1. The van der Waals surface area contributed by atoms with Gasteiger partial charge in [0.25, 0.3) is 0 Å².